The molecule has 0 saturated carbocycles. The molecule has 0 aliphatic heterocycles. The van der Waals surface area contributed by atoms with E-state index in [4.69, 9.17) is 4.74 Å². The highest BCUT2D eigenvalue weighted by Crippen LogP contribution is 2.24. The molecule has 0 amide bonds. The summed E-state index contributed by atoms with van der Waals surface area (Å²) in [5.74, 6) is -0.193. The predicted octanol–water partition coefficient (Wildman–Crippen LogP) is 5.40. The van der Waals surface area contributed by atoms with Crippen molar-refractivity contribution in [1.29, 1.82) is 0 Å². The van der Waals surface area contributed by atoms with E-state index in [1.54, 1.807) is 0 Å². The average Bonchev–Trinajstić information content (AvgIpc) is 2.64. The van der Waals surface area contributed by atoms with E-state index in [2.05, 4.69) is 47.8 Å². The Morgan fingerprint density at radius 2 is 1.59 bits per heavy atom. The second-order valence-corrected chi connectivity index (χ2v) is 7.82. The third-order valence-electron chi connectivity index (χ3n) is 4.36. The van der Waals surface area contributed by atoms with E-state index in [1.807, 2.05) is 51.1 Å². The van der Waals surface area contributed by atoms with Gasteiger partial charge in [0.2, 0.25) is 0 Å². The van der Waals surface area contributed by atoms with Crippen LogP contribution in [0.3, 0.4) is 0 Å². The van der Waals surface area contributed by atoms with Crippen LogP contribution in [0.5, 0.6) is 0 Å². The highest BCUT2D eigenvalue weighted by atomic mass is 16.6. The average molecular weight is 361 g/mol. The Hall–Kier alpha value is -2.65. The summed E-state index contributed by atoms with van der Waals surface area (Å²) < 4.78 is 5.55. The number of hydrogen-bond donors (Lipinski definition) is 1. The molecule has 3 aromatic carbocycles. The molecule has 0 unspecified atom stereocenters. The lowest BCUT2D eigenvalue weighted by Gasteiger charge is -2.23. The van der Waals surface area contributed by atoms with Crippen LogP contribution in [0.4, 0.5) is 0 Å². The maximum atomic E-state index is 12.5. The molecule has 0 aliphatic carbocycles. The number of nitrogens with one attached hydrogen (secondary N) is 1. The smallest absolute Gasteiger partial charge is 0.308 e. The minimum atomic E-state index is -0.482. The molecule has 3 heteroatoms. The zero-order chi connectivity index (χ0) is 19.3. The van der Waals surface area contributed by atoms with Crippen molar-refractivity contribution in [2.45, 2.75) is 45.4 Å². The van der Waals surface area contributed by atoms with Gasteiger partial charge in [-0.25, -0.2) is 0 Å². The molecule has 0 spiro atoms. The fraction of sp³-hybridized carbons (Fsp3) is 0.292. The molecular formula is C24H27NO2. The third kappa shape index (κ3) is 5.66. The van der Waals surface area contributed by atoms with Gasteiger partial charge in [-0.15, -0.1) is 0 Å². The van der Waals surface area contributed by atoms with Crippen molar-refractivity contribution >= 4 is 16.7 Å². The van der Waals surface area contributed by atoms with Crippen LogP contribution >= 0.6 is 0 Å². The predicted molar refractivity (Wildman–Crippen MR) is 110 cm³/mol. The molecule has 0 fully saturated rings. The highest BCUT2D eigenvalue weighted by Gasteiger charge is 2.21. The summed E-state index contributed by atoms with van der Waals surface area (Å²) in [6.07, 6.45) is 0.294. The maximum Gasteiger partial charge on any atom is 0.308 e. The molecule has 1 N–H and O–H groups in total. The van der Waals surface area contributed by atoms with Crippen molar-refractivity contribution < 1.29 is 9.53 Å². The normalized spacial score (nSPS) is 12.7. The molecule has 3 nitrogen and oxygen atoms in total. The fourth-order valence-corrected chi connectivity index (χ4v) is 3.12. The summed E-state index contributed by atoms with van der Waals surface area (Å²) in [6.45, 7) is 6.38. The number of fused-ring (bicyclic) bond motifs is 1. The third-order valence-corrected chi connectivity index (χ3v) is 4.36. The number of benzene rings is 3. The van der Waals surface area contributed by atoms with E-state index < -0.39 is 5.60 Å². The molecule has 0 heterocycles. The van der Waals surface area contributed by atoms with Crippen molar-refractivity contribution in [2.75, 3.05) is 0 Å². The van der Waals surface area contributed by atoms with Gasteiger partial charge in [-0.05, 0) is 48.7 Å². The van der Waals surface area contributed by atoms with Gasteiger partial charge in [-0.3, -0.25) is 4.79 Å². The van der Waals surface area contributed by atoms with Crippen molar-refractivity contribution in [3.8, 4) is 0 Å². The molecule has 140 valence electrons. The summed E-state index contributed by atoms with van der Waals surface area (Å²) in [5, 5.41) is 5.90. The van der Waals surface area contributed by atoms with Gasteiger partial charge in [-0.2, -0.15) is 0 Å². The van der Waals surface area contributed by atoms with E-state index in [1.165, 1.54) is 16.3 Å². The molecule has 3 aromatic rings. The minimum Gasteiger partial charge on any atom is -0.460 e. The Morgan fingerprint density at radius 3 is 2.30 bits per heavy atom. The van der Waals surface area contributed by atoms with Gasteiger partial charge in [0.15, 0.2) is 0 Å². The quantitative estimate of drug-likeness (QED) is 0.597. The van der Waals surface area contributed by atoms with Crippen molar-refractivity contribution in [3.05, 3.63) is 83.9 Å². The van der Waals surface area contributed by atoms with Crippen LogP contribution in [-0.2, 0) is 16.1 Å². The SMILES string of the molecule is CC(C)(C)OC(=O)C[C@@H](NCc1ccccc1)c1ccc2ccccc2c1. The molecule has 1 atom stereocenters. The lowest BCUT2D eigenvalue weighted by atomic mass is 9.99. The largest absolute Gasteiger partial charge is 0.460 e. The number of rotatable bonds is 6. The first-order valence-electron chi connectivity index (χ1n) is 9.38. The van der Waals surface area contributed by atoms with Crippen LogP contribution in [0.2, 0.25) is 0 Å². The maximum absolute atomic E-state index is 12.5. The molecule has 3 rings (SSSR count). The minimum absolute atomic E-state index is 0.107. The first kappa shape index (κ1) is 19.1. The Labute approximate surface area is 161 Å². The first-order valence-corrected chi connectivity index (χ1v) is 9.38. The monoisotopic (exact) mass is 361 g/mol. The molecule has 27 heavy (non-hydrogen) atoms. The van der Waals surface area contributed by atoms with Crippen LogP contribution in [0.1, 0.15) is 44.4 Å². The number of esters is 1. The van der Waals surface area contributed by atoms with Gasteiger partial charge in [0.1, 0.15) is 5.60 Å². The zero-order valence-corrected chi connectivity index (χ0v) is 16.2. The van der Waals surface area contributed by atoms with Gasteiger partial charge in [0.25, 0.3) is 0 Å². The van der Waals surface area contributed by atoms with E-state index in [9.17, 15) is 4.79 Å². The number of hydrogen-bond acceptors (Lipinski definition) is 3. The van der Waals surface area contributed by atoms with Crippen LogP contribution in [0, 0.1) is 0 Å². The fourth-order valence-electron chi connectivity index (χ4n) is 3.12. The number of carbonyl (C=O) groups is 1. The van der Waals surface area contributed by atoms with E-state index >= 15 is 0 Å². The summed E-state index contributed by atoms with van der Waals surface area (Å²) in [7, 11) is 0. The first-order chi connectivity index (χ1) is 12.9. The Bertz CT molecular complexity index is 897. The van der Waals surface area contributed by atoms with E-state index in [0.29, 0.717) is 13.0 Å². The Kier molecular flexibility index (Phi) is 5.92. The van der Waals surface area contributed by atoms with Crippen molar-refractivity contribution in [3.63, 3.8) is 0 Å². The Balaban J connectivity index is 1.81. The lowest BCUT2D eigenvalue weighted by Crippen LogP contribution is -2.29. The molecule has 0 bridgehead atoms. The van der Waals surface area contributed by atoms with Crippen molar-refractivity contribution in [2.24, 2.45) is 0 Å². The van der Waals surface area contributed by atoms with Crippen LogP contribution in [-0.4, -0.2) is 11.6 Å². The van der Waals surface area contributed by atoms with Gasteiger partial charge in [-0.1, -0.05) is 66.7 Å². The van der Waals surface area contributed by atoms with Crippen LogP contribution < -0.4 is 5.32 Å². The van der Waals surface area contributed by atoms with Crippen molar-refractivity contribution in [1.82, 2.24) is 5.32 Å². The molecule has 0 radical (unpaired) electrons. The molecule has 0 saturated heterocycles. The van der Waals surface area contributed by atoms with E-state index in [0.717, 1.165) is 5.56 Å². The van der Waals surface area contributed by atoms with Gasteiger partial charge >= 0.3 is 5.97 Å². The van der Waals surface area contributed by atoms with Gasteiger partial charge in [0.05, 0.1) is 6.42 Å². The second kappa shape index (κ2) is 8.36. The second-order valence-electron chi connectivity index (χ2n) is 7.82. The zero-order valence-electron chi connectivity index (χ0n) is 16.2. The van der Waals surface area contributed by atoms with Gasteiger partial charge in [0, 0.05) is 12.6 Å². The van der Waals surface area contributed by atoms with Crippen LogP contribution in [0.15, 0.2) is 72.8 Å². The van der Waals surface area contributed by atoms with Crippen LogP contribution in [0.25, 0.3) is 10.8 Å². The van der Waals surface area contributed by atoms with Gasteiger partial charge < -0.3 is 10.1 Å². The highest BCUT2D eigenvalue weighted by molar-refractivity contribution is 5.83. The molecule has 0 aromatic heterocycles. The number of carbonyl (C=O) groups excluding carboxylic acids is 1. The summed E-state index contributed by atoms with van der Waals surface area (Å²) in [4.78, 5) is 12.5. The summed E-state index contributed by atoms with van der Waals surface area (Å²) in [5.41, 5.74) is 1.80. The lowest BCUT2D eigenvalue weighted by molar-refractivity contribution is -0.155. The number of ether oxygens (including phenoxy) is 1. The molecular weight excluding hydrogens is 334 g/mol. The van der Waals surface area contributed by atoms with E-state index in [-0.39, 0.29) is 12.0 Å². The topological polar surface area (TPSA) is 38.3 Å². The summed E-state index contributed by atoms with van der Waals surface area (Å²) in [6, 6.07) is 24.7. The molecule has 0 aliphatic rings. The standard InChI is InChI=1S/C24H27NO2/c1-24(2,3)27-23(26)16-22(25-17-18-9-5-4-6-10-18)21-14-13-19-11-7-8-12-20(19)15-21/h4-15,22,25H,16-17H2,1-3H3/t22-/m1/s1. The summed E-state index contributed by atoms with van der Waals surface area (Å²) >= 11 is 0. The Morgan fingerprint density at radius 1 is 0.926 bits per heavy atom.